The zero-order chi connectivity index (χ0) is 22.9. The maximum Gasteiger partial charge on any atom is 0.0991 e. The summed E-state index contributed by atoms with van der Waals surface area (Å²) in [5.41, 5.74) is 7.86. The van der Waals surface area contributed by atoms with Crippen molar-refractivity contribution in [2.24, 2.45) is 0 Å². The van der Waals surface area contributed by atoms with E-state index in [-0.39, 0.29) is 0 Å². The molecule has 1 heteroatoms. The lowest BCUT2D eigenvalue weighted by Gasteiger charge is -2.18. The van der Waals surface area contributed by atoms with Crippen LogP contribution in [-0.4, -0.2) is 0 Å². The first-order valence-corrected chi connectivity index (χ1v) is 11.4. The topological polar surface area (TPSA) is 23.8 Å². The maximum atomic E-state index is 9.19. The van der Waals surface area contributed by atoms with Gasteiger partial charge in [0.15, 0.2) is 0 Å². The lowest BCUT2D eigenvalue weighted by Crippen LogP contribution is -1.91. The van der Waals surface area contributed by atoms with Crippen molar-refractivity contribution in [1.29, 1.82) is 5.26 Å². The van der Waals surface area contributed by atoms with Crippen LogP contribution in [0, 0.1) is 11.3 Å². The van der Waals surface area contributed by atoms with Crippen molar-refractivity contribution in [3.63, 3.8) is 0 Å². The van der Waals surface area contributed by atoms with Crippen molar-refractivity contribution in [1.82, 2.24) is 0 Å². The molecule has 6 aromatic carbocycles. The first-order valence-electron chi connectivity index (χ1n) is 11.4. The fourth-order valence-corrected chi connectivity index (χ4v) is 4.93. The van der Waals surface area contributed by atoms with Crippen LogP contribution in [0.5, 0.6) is 0 Å². The zero-order valence-electron chi connectivity index (χ0n) is 18.6. The minimum absolute atomic E-state index is 0.673. The van der Waals surface area contributed by atoms with E-state index < -0.39 is 0 Å². The molecule has 34 heavy (non-hydrogen) atoms. The number of hydrogen-bond donors (Lipinski definition) is 0. The molecule has 0 fully saturated rings. The van der Waals surface area contributed by atoms with Gasteiger partial charge in [-0.15, -0.1) is 0 Å². The van der Waals surface area contributed by atoms with Gasteiger partial charge in [0.05, 0.1) is 11.6 Å². The van der Waals surface area contributed by atoms with Crippen LogP contribution in [0.4, 0.5) is 0 Å². The summed E-state index contributed by atoms with van der Waals surface area (Å²) in [6, 6.07) is 46.8. The smallest absolute Gasteiger partial charge is 0.0991 e. The molecular formula is C33H21N. The predicted octanol–water partition coefficient (Wildman–Crippen LogP) is 8.87. The molecule has 0 radical (unpaired) electrons. The summed E-state index contributed by atoms with van der Waals surface area (Å²) in [6.45, 7) is 0. The molecule has 0 bridgehead atoms. The monoisotopic (exact) mass is 431 g/mol. The Balaban J connectivity index is 1.75. The highest BCUT2D eigenvalue weighted by molar-refractivity contribution is 6.21. The zero-order valence-corrected chi connectivity index (χ0v) is 18.6. The molecule has 0 heterocycles. The molecule has 0 aliphatic rings. The SMILES string of the molecule is N#Cc1ccc(-c2ccc3c(-c4ccccc4)c4ccccc4c(-c4ccccc4)c3c2)cc1. The van der Waals surface area contributed by atoms with Crippen LogP contribution in [0.2, 0.25) is 0 Å². The van der Waals surface area contributed by atoms with Crippen molar-refractivity contribution in [3.8, 4) is 39.4 Å². The van der Waals surface area contributed by atoms with Crippen LogP contribution in [-0.2, 0) is 0 Å². The lowest BCUT2D eigenvalue weighted by atomic mass is 9.85. The summed E-state index contributed by atoms with van der Waals surface area (Å²) in [5.74, 6) is 0. The highest BCUT2D eigenvalue weighted by atomic mass is 14.2. The molecule has 0 N–H and O–H groups in total. The second kappa shape index (κ2) is 8.35. The fraction of sp³-hybridized carbons (Fsp3) is 0. The molecule has 0 aromatic heterocycles. The molecular weight excluding hydrogens is 410 g/mol. The Labute approximate surface area is 199 Å². The van der Waals surface area contributed by atoms with Gasteiger partial charge in [-0.25, -0.2) is 0 Å². The lowest BCUT2D eigenvalue weighted by molar-refractivity contribution is 1.48. The first kappa shape index (κ1) is 20.0. The minimum atomic E-state index is 0.673. The molecule has 0 saturated carbocycles. The van der Waals surface area contributed by atoms with Crippen LogP contribution >= 0.6 is 0 Å². The molecule has 0 aliphatic heterocycles. The van der Waals surface area contributed by atoms with Crippen molar-refractivity contribution in [3.05, 3.63) is 133 Å². The van der Waals surface area contributed by atoms with Crippen molar-refractivity contribution in [2.45, 2.75) is 0 Å². The highest BCUT2D eigenvalue weighted by Crippen LogP contribution is 2.44. The minimum Gasteiger partial charge on any atom is -0.192 e. The van der Waals surface area contributed by atoms with Gasteiger partial charge in [-0.3, -0.25) is 0 Å². The van der Waals surface area contributed by atoms with Crippen LogP contribution < -0.4 is 0 Å². The van der Waals surface area contributed by atoms with Gasteiger partial charge in [0.25, 0.3) is 0 Å². The number of nitriles is 1. The Hall–Kier alpha value is -4.67. The summed E-state index contributed by atoms with van der Waals surface area (Å²) in [5, 5.41) is 14.2. The van der Waals surface area contributed by atoms with Gasteiger partial charge in [-0.1, -0.05) is 109 Å². The summed E-state index contributed by atoms with van der Waals surface area (Å²) in [7, 11) is 0. The second-order valence-electron chi connectivity index (χ2n) is 8.48. The van der Waals surface area contributed by atoms with E-state index in [9.17, 15) is 5.26 Å². The molecule has 0 spiro atoms. The number of rotatable bonds is 3. The Morgan fingerprint density at radius 2 is 0.853 bits per heavy atom. The molecule has 0 atom stereocenters. The van der Waals surface area contributed by atoms with E-state index in [4.69, 9.17) is 0 Å². The van der Waals surface area contributed by atoms with Crippen molar-refractivity contribution in [2.75, 3.05) is 0 Å². The maximum absolute atomic E-state index is 9.19. The fourth-order valence-electron chi connectivity index (χ4n) is 4.93. The Morgan fingerprint density at radius 3 is 1.41 bits per heavy atom. The molecule has 0 aliphatic carbocycles. The third kappa shape index (κ3) is 3.34. The quantitative estimate of drug-likeness (QED) is 0.257. The van der Waals surface area contributed by atoms with Gasteiger partial charge < -0.3 is 0 Å². The molecule has 6 rings (SSSR count). The van der Waals surface area contributed by atoms with Crippen LogP contribution in [0.3, 0.4) is 0 Å². The molecule has 158 valence electrons. The molecule has 0 unspecified atom stereocenters. The first-order chi connectivity index (χ1) is 16.8. The van der Waals surface area contributed by atoms with E-state index >= 15 is 0 Å². The number of nitrogens with zero attached hydrogens (tertiary/aromatic N) is 1. The van der Waals surface area contributed by atoms with E-state index in [1.165, 1.54) is 43.8 Å². The van der Waals surface area contributed by atoms with Gasteiger partial charge in [-0.2, -0.15) is 5.26 Å². The van der Waals surface area contributed by atoms with Gasteiger partial charge in [0, 0.05) is 0 Å². The van der Waals surface area contributed by atoms with Crippen LogP contribution in [0.1, 0.15) is 5.56 Å². The molecule has 1 nitrogen and oxygen atoms in total. The standard InChI is InChI=1S/C33H21N/c34-22-23-15-17-24(18-16-23)27-19-20-30-31(21-27)33(26-11-5-2-6-12-26)29-14-8-7-13-28(29)32(30)25-9-3-1-4-10-25/h1-21H. The molecule has 6 aromatic rings. The van der Waals surface area contributed by atoms with Gasteiger partial charge in [-0.05, 0) is 73.1 Å². The van der Waals surface area contributed by atoms with E-state index in [0.717, 1.165) is 11.1 Å². The number of hydrogen-bond acceptors (Lipinski definition) is 1. The van der Waals surface area contributed by atoms with Gasteiger partial charge >= 0.3 is 0 Å². The van der Waals surface area contributed by atoms with Gasteiger partial charge in [0.1, 0.15) is 0 Å². The van der Waals surface area contributed by atoms with Crippen molar-refractivity contribution < 1.29 is 0 Å². The summed E-state index contributed by atoms with van der Waals surface area (Å²) >= 11 is 0. The van der Waals surface area contributed by atoms with Crippen molar-refractivity contribution >= 4 is 21.5 Å². The third-order valence-corrected chi connectivity index (χ3v) is 6.50. The molecule has 0 amide bonds. The van der Waals surface area contributed by atoms with E-state index in [2.05, 4.69) is 109 Å². The summed E-state index contributed by atoms with van der Waals surface area (Å²) < 4.78 is 0. The number of benzene rings is 6. The van der Waals surface area contributed by atoms with E-state index in [1.807, 2.05) is 24.3 Å². The summed E-state index contributed by atoms with van der Waals surface area (Å²) in [6.07, 6.45) is 0. The predicted molar refractivity (Wildman–Crippen MR) is 142 cm³/mol. The third-order valence-electron chi connectivity index (χ3n) is 6.50. The van der Waals surface area contributed by atoms with Crippen LogP contribution in [0.15, 0.2) is 127 Å². The average Bonchev–Trinajstić information content (AvgIpc) is 2.92. The summed E-state index contributed by atoms with van der Waals surface area (Å²) in [4.78, 5) is 0. The normalized spacial score (nSPS) is 10.9. The highest BCUT2D eigenvalue weighted by Gasteiger charge is 2.17. The van der Waals surface area contributed by atoms with Gasteiger partial charge in [0.2, 0.25) is 0 Å². The Bertz CT molecular complexity index is 1670. The Morgan fingerprint density at radius 1 is 0.382 bits per heavy atom. The second-order valence-corrected chi connectivity index (χ2v) is 8.48. The largest absolute Gasteiger partial charge is 0.192 e. The average molecular weight is 432 g/mol. The number of fused-ring (bicyclic) bond motifs is 2. The van der Waals surface area contributed by atoms with E-state index in [1.54, 1.807) is 0 Å². The van der Waals surface area contributed by atoms with Crippen LogP contribution in [0.25, 0.3) is 54.9 Å². The Kier molecular flexibility index (Phi) is 4.91. The van der Waals surface area contributed by atoms with E-state index in [0.29, 0.717) is 5.56 Å². The molecule has 0 saturated heterocycles.